The fraction of sp³-hybridized carbons (Fsp3) is 0.600. The Morgan fingerprint density at radius 1 is 1.39 bits per heavy atom. The molecule has 0 radical (unpaired) electrons. The molecular weight excluding hydrogens is 240 g/mol. The Kier molecular flexibility index (Phi) is 5.25. The summed E-state index contributed by atoms with van der Waals surface area (Å²) in [5.41, 5.74) is 0. The van der Waals surface area contributed by atoms with Gasteiger partial charge in [0.15, 0.2) is 0 Å². The Labute approximate surface area is 114 Å². The second-order valence-corrected chi connectivity index (χ2v) is 6.11. The van der Waals surface area contributed by atoms with Crippen molar-refractivity contribution in [2.75, 3.05) is 19.6 Å². The minimum Gasteiger partial charge on any atom is -0.309 e. The van der Waals surface area contributed by atoms with Gasteiger partial charge in [-0.3, -0.25) is 4.90 Å². The molecule has 2 heterocycles. The molecule has 0 atom stereocenters. The lowest BCUT2D eigenvalue weighted by molar-refractivity contribution is 0.217. The van der Waals surface area contributed by atoms with E-state index in [-0.39, 0.29) is 0 Å². The van der Waals surface area contributed by atoms with Crippen molar-refractivity contribution in [3.63, 3.8) is 0 Å². The third-order valence-corrected chi connectivity index (χ3v) is 4.76. The van der Waals surface area contributed by atoms with Crippen molar-refractivity contribution in [1.82, 2.24) is 10.2 Å². The molecular formula is C15H22N2S. The molecule has 1 fully saturated rings. The zero-order valence-corrected chi connectivity index (χ0v) is 11.9. The zero-order valence-electron chi connectivity index (χ0n) is 11.1. The van der Waals surface area contributed by atoms with Gasteiger partial charge >= 0.3 is 0 Å². The maximum atomic E-state index is 5.34. The molecule has 0 saturated carbocycles. The van der Waals surface area contributed by atoms with Crippen molar-refractivity contribution >= 4 is 11.3 Å². The topological polar surface area (TPSA) is 15.3 Å². The first-order chi connectivity index (χ1) is 8.81. The van der Waals surface area contributed by atoms with E-state index in [0.717, 1.165) is 32.6 Å². The van der Waals surface area contributed by atoms with Crippen LogP contribution < -0.4 is 5.32 Å². The summed E-state index contributed by atoms with van der Waals surface area (Å²) in [4.78, 5) is 5.30. The number of likely N-dealkylation sites (tertiary alicyclic amines) is 1. The molecule has 98 valence electrons. The monoisotopic (exact) mass is 262 g/mol. The third-order valence-electron chi connectivity index (χ3n) is 3.53. The lowest BCUT2D eigenvalue weighted by Gasteiger charge is -2.31. The highest BCUT2D eigenvalue weighted by molar-refractivity contribution is 7.11. The van der Waals surface area contributed by atoms with Crippen molar-refractivity contribution < 1.29 is 0 Å². The smallest absolute Gasteiger partial charge is 0.0598 e. The van der Waals surface area contributed by atoms with E-state index in [2.05, 4.69) is 35.2 Å². The van der Waals surface area contributed by atoms with Gasteiger partial charge in [0.25, 0.3) is 0 Å². The Balaban J connectivity index is 1.70. The average molecular weight is 262 g/mol. The molecule has 1 aliphatic rings. The fourth-order valence-corrected chi connectivity index (χ4v) is 3.29. The van der Waals surface area contributed by atoms with Crippen molar-refractivity contribution in [3.8, 4) is 12.3 Å². The van der Waals surface area contributed by atoms with Gasteiger partial charge in [-0.1, -0.05) is 12.8 Å². The summed E-state index contributed by atoms with van der Waals surface area (Å²) in [7, 11) is 0. The van der Waals surface area contributed by atoms with Crippen LogP contribution in [-0.4, -0.2) is 30.6 Å². The Morgan fingerprint density at radius 3 is 2.72 bits per heavy atom. The lowest BCUT2D eigenvalue weighted by Crippen LogP contribution is -2.42. The van der Waals surface area contributed by atoms with E-state index < -0.39 is 0 Å². The summed E-state index contributed by atoms with van der Waals surface area (Å²) in [6, 6.07) is 5.16. The minimum atomic E-state index is 0.659. The summed E-state index contributed by atoms with van der Waals surface area (Å²) in [5, 5.41) is 3.67. The molecule has 2 rings (SSSR count). The number of rotatable bonds is 5. The lowest BCUT2D eigenvalue weighted by atomic mass is 10.1. The molecule has 1 aromatic rings. The van der Waals surface area contributed by atoms with Crippen molar-refractivity contribution in [3.05, 3.63) is 21.9 Å². The van der Waals surface area contributed by atoms with E-state index in [1.54, 1.807) is 0 Å². The van der Waals surface area contributed by atoms with Gasteiger partial charge in [0.2, 0.25) is 0 Å². The summed E-state index contributed by atoms with van der Waals surface area (Å²) in [6.07, 6.45) is 8.92. The molecule has 0 aromatic carbocycles. The normalized spacial score (nSPS) is 17.8. The van der Waals surface area contributed by atoms with Gasteiger partial charge in [0.05, 0.1) is 6.54 Å². The van der Waals surface area contributed by atoms with Crippen LogP contribution in [0.1, 0.15) is 29.5 Å². The van der Waals surface area contributed by atoms with Crippen molar-refractivity contribution in [1.29, 1.82) is 0 Å². The predicted molar refractivity (Wildman–Crippen MR) is 78.8 cm³/mol. The second kappa shape index (κ2) is 6.94. The molecule has 3 heteroatoms. The van der Waals surface area contributed by atoms with Gasteiger partial charge in [-0.15, -0.1) is 17.8 Å². The van der Waals surface area contributed by atoms with E-state index in [9.17, 15) is 0 Å². The van der Waals surface area contributed by atoms with Crippen LogP contribution in [0.4, 0.5) is 0 Å². The second-order valence-electron chi connectivity index (χ2n) is 4.86. The van der Waals surface area contributed by atoms with E-state index >= 15 is 0 Å². The van der Waals surface area contributed by atoms with Crippen LogP contribution in [0.15, 0.2) is 12.1 Å². The van der Waals surface area contributed by atoms with Gasteiger partial charge in [0, 0.05) is 35.4 Å². The van der Waals surface area contributed by atoms with Crippen LogP contribution in [0, 0.1) is 12.3 Å². The van der Waals surface area contributed by atoms with Gasteiger partial charge < -0.3 is 5.32 Å². The maximum absolute atomic E-state index is 5.34. The summed E-state index contributed by atoms with van der Waals surface area (Å²) < 4.78 is 0. The van der Waals surface area contributed by atoms with E-state index in [1.807, 2.05) is 11.3 Å². The first-order valence-corrected chi connectivity index (χ1v) is 7.60. The number of hydrogen-bond acceptors (Lipinski definition) is 3. The van der Waals surface area contributed by atoms with E-state index in [4.69, 9.17) is 6.42 Å². The third kappa shape index (κ3) is 3.84. The average Bonchev–Trinajstić information content (AvgIpc) is 2.86. The number of aryl methyl sites for hydroxylation is 1. The SMILES string of the molecule is C#CCN1CCC(NCc2ccc(CC)s2)CC1. The fourth-order valence-electron chi connectivity index (χ4n) is 2.38. The van der Waals surface area contributed by atoms with Crippen LogP contribution in [0.25, 0.3) is 0 Å². The molecule has 0 aliphatic carbocycles. The Morgan fingerprint density at radius 2 is 2.11 bits per heavy atom. The summed E-state index contributed by atoms with van der Waals surface area (Å²) in [6.45, 7) is 6.30. The van der Waals surface area contributed by atoms with Crippen LogP contribution in [0.2, 0.25) is 0 Å². The molecule has 1 aliphatic heterocycles. The molecule has 2 nitrogen and oxygen atoms in total. The molecule has 18 heavy (non-hydrogen) atoms. The van der Waals surface area contributed by atoms with Crippen molar-refractivity contribution in [2.24, 2.45) is 0 Å². The highest BCUT2D eigenvalue weighted by atomic mass is 32.1. The van der Waals surface area contributed by atoms with E-state index in [0.29, 0.717) is 6.04 Å². The predicted octanol–water partition coefficient (Wildman–Crippen LogP) is 2.50. The largest absolute Gasteiger partial charge is 0.309 e. The van der Waals surface area contributed by atoms with Gasteiger partial charge in [-0.25, -0.2) is 0 Å². The number of thiophene rings is 1. The molecule has 1 N–H and O–H groups in total. The number of hydrogen-bond donors (Lipinski definition) is 1. The maximum Gasteiger partial charge on any atom is 0.0598 e. The molecule has 0 bridgehead atoms. The number of piperidine rings is 1. The molecule has 0 amide bonds. The van der Waals surface area contributed by atoms with Crippen LogP contribution in [0.3, 0.4) is 0 Å². The quantitative estimate of drug-likeness (QED) is 0.820. The van der Waals surface area contributed by atoms with Gasteiger partial charge in [-0.05, 0) is 31.4 Å². The first-order valence-electron chi connectivity index (χ1n) is 6.78. The van der Waals surface area contributed by atoms with Crippen LogP contribution in [-0.2, 0) is 13.0 Å². The number of nitrogens with zero attached hydrogens (tertiary/aromatic N) is 1. The van der Waals surface area contributed by atoms with Gasteiger partial charge in [0.1, 0.15) is 0 Å². The molecule has 1 aromatic heterocycles. The zero-order chi connectivity index (χ0) is 12.8. The van der Waals surface area contributed by atoms with E-state index in [1.165, 1.54) is 22.6 Å². The standard InChI is InChI=1S/C15H22N2S/c1-3-9-17-10-7-13(8-11-17)16-12-15-6-5-14(4-2)18-15/h1,5-6,13,16H,4,7-12H2,2H3. The van der Waals surface area contributed by atoms with Crippen LogP contribution in [0.5, 0.6) is 0 Å². The van der Waals surface area contributed by atoms with Crippen LogP contribution >= 0.6 is 11.3 Å². The highest BCUT2D eigenvalue weighted by Crippen LogP contribution is 2.17. The minimum absolute atomic E-state index is 0.659. The number of nitrogens with one attached hydrogen (secondary N) is 1. The summed E-state index contributed by atoms with van der Waals surface area (Å²) in [5.74, 6) is 2.73. The molecule has 0 spiro atoms. The number of terminal acetylenes is 1. The van der Waals surface area contributed by atoms with Crippen molar-refractivity contribution in [2.45, 2.75) is 38.8 Å². The Hall–Kier alpha value is -0.820. The highest BCUT2D eigenvalue weighted by Gasteiger charge is 2.17. The molecule has 1 saturated heterocycles. The summed E-state index contributed by atoms with van der Waals surface area (Å²) >= 11 is 1.93. The Bertz CT molecular complexity index is 397. The molecule has 0 unspecified atom stereocenters. The first kappa shape index (κ1) is 13.6. The van der Waals surface area contributed by atoms with Gasteiger partial charge in [-0.2, -0.15) is 0 Å².